The summed E-state index contributed by atoms with van der Waals surface area (Å²) in [5, 5.41) is 8.72. The Balaban J connectivity index is 1.61. The average Bonchev–Trinajstić information content (AvgIpc) is 3.48. The quantitative estimate of drug-likeness (QED) is 0.268. The maximum absolute atomic E-state index is 13.5. The molecule has 0 amide bonds. The standard InChI is InChI=1S/C29H26FN5/c1-5-18(16-21(6-2)35(3)4)24-14-15-26-28(32-24)29(34-33-26)27-17-23-22(8-7-9-25(23)31-27)19-10-12-20(30)13-11-19/h5-17,31H,2H2,1,3-4H3,(H,33,34)/b18-5+,21-16+. The van der Waals surface area contributed by atoms with E-state index in [-0.39, 0.29) is 5.82 Å². The van der Waals surface area contributed by atoms with Crippen molar-refractivity contribution in [2.75, 3.05) is 14.1 Å². The van der Waals surface area contributed by atoms with Crippen molar-refractivity contribution in [3.05, 3.63) is 103 Å². The predicted octanol–water partition coefficient (Wildman–Crippen LogP) is 6.95. The largest absolute Gasteiger partial charge is 0.378 e. The molecule has 0 spiro atoms. The number of pyridine rings is 1. The number of fused-ring (bicyclic) bond motifs is 2. The molecule has 0 radical (unpaired) electrons. The molecule has 5 nitrogen and oxygen atoms in total. The second-order valence-corrected chi connectivity index (χ2v) is 8.53. The van der Waals surface area contributed by atoms with E-state index in [2.05, 4.69) is 33.9 Å². The van der Waals surface area contributed by atoms with Gasteiger partial charge >= 0.3 is 0 Å². The van der Waals surface area contributed by atoms with Gasteiger partial charge in [-0.1, -0.05) is 36.9 Å². The Morgan fingerprint density at radius 2 is 1.83 bits per heavy atom. The van der Waals surface area contributed by atoms with Gasteiger partial charge in [0.15, 0.2) is 0 Å². The number of hydrogen-bond donors (Lipinski definition) is 2. The van der Waals surface area contributed by atoms with E-state index >= 15 is 0 Å². The third-order valence-corrected chi connectivity index (χ3v) is 6.12. The zero-order valence-corrected chi connectivity index (χ0v) is 19.9. The summed E-state index contributed by atoms with van der Waals surface area (Å²) in [6, 6.07) is 18.7. The van der Waals surface area contributed by atoms with Crippen LogP contribution in [0.3, 0.4) is 0 Å². The molecular weight excluding hydrogens is 437 g/mol. The van der Waals surface area contributed by atoms with Gasteiger partial charge in [0.1, 0.15) is 17.0 Å². The van der Waals surface area contributed by atoms with E-state index in [1.165, 1.54) is 12.1 Å². The molecule has 2 N–H and O–H groups in total. The number of allylic oxidation sites excluding steroid dienone is 4. The molecule has 0 bridgehead atoms. The first kappa shape index (κ1) is 22.3. The minimum absolute atomic E-state index is 0.248. The summed E-state index contributed by atoms with van der Waals surface area (Å²) in [5.74, 6) is -0.248. The monoisotopic (exact) mass is 463 g/mol. The average molecular weight is 464 g/mol. The van der Waals surface area contributed by atoms with Crippen molar-refractivity contribution in [1.82, 2.24) is 25.1 Å². The number of aromatic amines is 2. The van der Waals surface area contributed by atoms with E-state index in [0.29, 0.717) is 0 Å². The molecule has 0 aliphatic heterocycles. The predicted molar refractivity (Wildman–Crippen MR) is 142 cm³/mol. The smallest absolute Gasteiger partial charge is 0.135 e. The van der Waals surface area contributed by atoms with Gasteiger partial charge in [-0.2, -0.15) is 5.10 Å². The topological polar surface area (TPSA) is 60.6 Å². The summed E-state index contributed by atoms with van der Waals surface area (Å²) in [5.41, 5.74) is 9.07. The summed E-state index contributed by atoms with van der Waals surface area (Å²) in [7, 11) is 3.98. The number of halogens is 1. The number of nitrogens with zero attached hydrogens (tertiary/aromatic N) is 3. The van der Waals surface area contributed by atoms with E-state index in [1.807, 2.05) is 68.4 Å². The van der Waals surface area contributed by atoms with Crippen molar-refractivity contribution in [3.63, 3.8) is 0 Å². The highest BCUT2D eigenvalue weighted by Crippen LogP contribution is 2.34. The van der Waals surface area contributed by atoms with Gasteiger partial charge in [0, 0.05) is 30.7 Å². The molecule has 5 aromatic rings. The maximum atomic E-state index is 13.5. The lowest BCUT2D eigenvalue weighted by molar-refractivity contribution is 0.530. The van der Waals surface area contributed by atoms with Crippen molar-refractivity contribution in [1.29, 1.82) is 0 Å². The van der Waals surface area contributed by atoms with Crippen molar-refractivity contribution in [2.45, 2.75) is 6.92 Å². The Labute approximate surface area is 203 Å². The molecule has 0 aliphatic carbocycles. The van der Waals surface area contributed by atoms with Gasteiger partial charge in [-0.15, -0.1) is 0 Å². The highest BCUT2D eigenvalue weighted by molar-refractivity contribution is 6.00. The van der Waals surface area contributed by atoms with Crippen molar-refractivity contribution >= 4 is 27.5 Å². The van der Waals surface area contributed by atoms with Gasteiger partial charge in [-0.05, 0) is 72.2 Å². The highest BCUT2D eigenvalue weighted by atomic mass is 19.1. The number of H-pyrrole nitrogens is 2. The molecule has 35 heavy (non-hydrogen) atoms. The lowest BCUT2D eigenvalue weighted by Gasteiger charge is -2.14. The molecule has 174 valence electrons. The van der Waals surface area contributed by atoms with Crippen molar-refractivity contribution in [2.24, 2.45) is 0 Å². The molecule has 5 rings (SSSR count). The van der Waals surface area contributed by atoms with Crippen LogP contribution in [0.1, 0.15) is 12.6 Å². The number of nitrogens with one attached hydrogen (secondary N) is 2. The Kier molecular flexibility index (Phi) is 5.79. The molecule has 6 heteroatoms. The van der Waals surface area contributed by atoms with Crippen LogP contribution in [0.25, 0.3) is 50.0 Å². The Morgan fingerprint density at radius 1 is 1.03 bits per heavy atom. The van der Waals surface area contributed by atoms with E-state index in [9.17, 15) is 4.39 Å². The highest BCUT2D eigenvalue weighted by Gasteiger charge is 2.15. The number of likely N-dealkylation sites (N-methyl/N-ethyl adjacent to an activating group) is 1. The van der Waals surface area contributed by atoms with Crippen LogP contribution in [0.4, 0.5) is 4.39 Å². The lowest BCUT2D eigenvalue weighted by atomic mass is 10.0. The van der Waals surface area contributed by atoms with Gasteiger partial charge in [-0.3, -0.25) is 5.10 Å². The zero-order valence-electron chi connectivity index (χ0n) is 19.9. The number of benzene rings is 2. The molecular formula is C29H26FN5. The Bertz CT molecular complexity index is 1600. The molecule has 3 heterocycles. The number of aromatic nitrogens is 4. The Hall–Kier alpha value is -4.45. The van der Waals surface area contributed by atoms with E-state index in [4.69, 9.17) is 4.98 Å². The number of rotatable bonds is 6. The van der Waals surface area contributed by atoms with Crippen molar-refractivity contribution in [3.8, 4) is 22.5 Å². The third-order valence-electron chi connectivity index (χ3n) is 6.12. The summed E-state index contributed by atoms with van der Waals surface area (Å²) >= 11 is 0. The van der Waals surface area contributed by atoms with Crippen LogP contribution in [0.15, 0.2) is 91.2 Å². The number of hydrogen-bond acceptors (Lipinski definition) is 3. The first-order valence-corrected chi connectivity index (χ1v) is 11.4. The van der Waals surface area contributed by atoms with Gasteiger partial charge in [0.2, 0.25) is 0 Å². The van der Waals surface area contributed by atoms with Crippen molar-refractivity contribution < 1.29 is 4.39 Å². The lowest BCUT2D eigenvalue weighted by Crippen LogP contribution is -2.09. The minimum atomic E-state index is -0.248. The van der Waals surface area contributed by atoms with Crippen LogP contribution in [0.5, 0.6) is 0 Å². The van der Waals surface area contributed by atoms with Crippen LogP contribution < -0.4 is 0 Å². The molecule has 3 aromatic heterocycles. The second kappa shape index (κ2) is 9.06. The van der Waals surface area contributed by atoms with Gasteiger partial charge < -0.3 is 9.88 Å². The van der Waals surface area contributed by atoms with E-state index in [0.717, 1.165) is 61.4 Å². The summed E-state index contributed by atoms with van der Waals surface area (Å²) in [6.45, 7) is 5.92. The summed E-state index contributed by atoms with van der Waals surface area (Å²) in [6.07, 6.45) is 5.94. The Morgan fingerprint density at radius 3 is 2.54 bits per heavy atom. The molecule has 0 atom stereocenters. The van der Waals surface area contributed by atoms with Gasteiger partial charge in [0.25, 0.3) is 0 Å². The fourth-order valence-corrected chi connectivity index (χ4v) is 4.25. The van der Waals surface area contributed by atoms with Gasteiger partial charge in [-0.25, -0.2) is 9.37 Å². The van der Waals surface area contributed by atoms with Crippen LogP contribution >= 0.6 is 0 Å². The second-order valence-electron chi connectivity index (χ2n) is 8.53. The van der Waals surface area contributed by atoms with Gasteiger partial charge in [0.05, 0.1) is 16.9 Å². The fraction of sp³-hybridized carbons (Fsp3) is 0.103. The molecule has 0 unspecified atom stereocenters. The van der Waals surface area contributed by atoms with E-state index < -0.39 is 0 Å². The minimum Gasteiger partial charge on any atom is -0.378 e. The summed E-state index contributed by atoms with van der Waals surface area (Å²) in [4.78, 5) is 10.5. The third kappa shape index (κ3) is 4.15. The van der Waals surface area contributed by atoms with Crippen LogP contribution in [-0.2, 0) is 0 Å². The first-order chi connectivity index (χ1) is 17.0. The molecule has 0 saturated carbocycles. The molecule has 2 aromatic carbocycles. The fourth-order valence-electron chi connectivity index (χ4n) is 4.25. The van der Waals surface area contributed by atoms with E-state index in [1.54, 1.807) is 12.1 Å². The molecule has 0 fully saturated rings. The van der Waals surface area contributed by atoms with Crippen LogP contribution in [0, 0.1) is 5.82 Å². The normalized spacial score (nSPS) is 12.5. The summed E-state index contributed by atoms with van der Waals surface area (Å²) < 4.78 is 13.5. The maximum Gasteiger partial charge on any atom is 0.135 e. The SMILES string of the molecule is C=C/C(=C\C(=C/C)c1ccc2[nH]nc(-c3cc4c(-c5ccc(F)cc5)cccc4[nH]3)c2n1)N(C)C. The van der Waals surface area contributed by atoms with Crippen LogP contribution in [0.2, 0.25) is 0 Å². The van der Waals surface area contributed by atoms with Crippen LogP contribution in [-0.4, -0.2) is 39.2 Å². The first-order valence-electron chi connectivity index (χ1n) is 11.4. The molecule has 0 saturated heterocycles. The molecule has 0 aliphatic rings. The zero-order chi connectivity index (χ0) is 24.5.